The molecule has 3 rings (SSSR count). The first-order chi connectivity index (χ1) is 13.1. The predicted molar refractivity (Wildman–Crippen MR) is 108 cm³/mol. The molecule has 146 valence electrons. The summed E-state index contributed by atoms with van der Waals surface area (Å²) >= 11 is 0. The van der Waals surface area contributed by atoms with E-state index >= 15 is 0 Å². The molecule has 0 fully saturated rings. The fraction of sp³-hybridized carbons (Fsp3) is 0.286. The first-order valence-electron chi connectivity index (χ1n) is 8.94. The molecule has 0 aliphatic carbocycles. The van der Waals surface area contributed by atoms with Gasteiger partial charge in [-0.05, 0) is 67.4 Å². The molecule has 2 aromatic rings. The van der Waals surface area contributed by atoms with Gasteiger partial charge in [0, 0.05) is 17.3 Å². The summed E-state index contributed by atoms with van der Waals surface area (Å²) in [6.45, 7) is 2.95. The lowest BCUT2D eigenvalue weighted by molar-refractivity contribution is -0.143. The molecule has 1 unspecified atom stereocenters. The largest absolute Gasteiger partial charge is 0.466 e. The van der Waals surface area contributed by atoms with Gasteiger partial charge in [0.1, 0.15) is 0 Å². The van der Waals surface area contributed by atoms with Crippen LogP contribution in [0.25, 0.3) is 0 Å². The number of nitriles is 1. The number of nitrogens with one attached hydrogen (secondary N) is 2. The molecule has 0 spiro atoms. The second-order valence-corrected chi connectivity index (χ2v) is 6.32. The molecule has 2 N–H and O–H groups in total. The van der Waals surface area contributed by atoms with Gasteiger partial charge in [-0.15, -0.1) is 12.4 Å². The van der Waals surface area contributed by atoms with Crippen LogP contribution in [0.4, 0.5) is 5.69 Å². The van der Waals surface area contributed by atoms with Crippen LogP contribution in [0.5, 0.6) is 0 Å². The van der Waals surface area contributed by atoms with Crippen molar-refractivity contribution >= 4 is 30.0 Å². The number of anilines is 1. The summed E-state index contributed by atoms with van der Waals surface area (Å²) in [7, 11) is 0. The Morgan fingerprint density at radius 1 is 1.25 bits per heavy atom. The normalized spacial score (nSPS) is 14.8. The average Bonchev–Trinajstić information content (AvgIpc) is 2.68. The zero-order valence-electron chi connectivity index (χ0n) is 15.5. The van der Waals surface area contributed by atoms with Gasteiger partial charge < -0.3 is 15.4 Å². The molecular weight excluding hydrogens is 378 g/mol. The fourth-order valence-corrected chi connectivity index (χ4v) is 3.18. The molecule has 0 saturated carbocycles. The molecule has 28 heavy (non-hydrogen) atoms. The van der Waals surface area contributed by atoms with Crippen molar-refractivity contribution in [2.75, 3.05) is 18.5 Å². The second-order valence-electron chi connectivity index (χ2n) is 6.32. The second kappa shape index (κ2) is 9.88. The summed E-state index contributed by atoms with van der Waals surface area (Å²) in [6.07, 6.45) is 1.13. The number of halogens is 1. The van der Waals surface area contributed by atoms with E-state index in [0.717, 1.165) is 18.5 Å². The van der Waals surface area contributed by atoms with Crippen molar-refractivity contribution < 1.29 is 14.3 Å². The van der Waals surface area contributed by atoms with E-state index in [2.05, 4.69) is 10.6 Å². The molecule has 7 heteroatoms. The van der Waals surface area contributed by atoms with Crippen LogP contribution in [-0.2, 0) is 16.0 Å². The van der Waals surface area contributed by atoms with Gasteiger partial charge in [0.05, 0.1) is 24.7 Å². The van der Waals surface area contributed by atoms with Crippen LogP contribution in [0.3, 0.4) is 0 Å². The monoisotopic (exact) mass is 399 g/mol. The maximum atomic E-state index is 12.4. The smallest absolute Gasteiger partial charge is 0.307 e. The van der Waals surface area contributed by atoms with Crippen LogP contribution in [0.1, 0.15) is 46.4 Å². The van der Waals surface area contributed by atoms with E-state index in [9.17, 15) is 9.59 Å². The third-order valence-corrected chi connectivity index (χ3v) is 4.52. The van der Waals surface area contributed by atoms with Gasteiger partial charge in [0.15, 0.2) is 0 Å². The molecule has 1 heterocycles. The Labute approximate surface area is 170 Å². The van der Waals surface area contributed by atoms with Crippen LogP contribution < -0.4 is 10.6 Å². The molecule has 0 bridgehead atoms. The standard InChI is InChI=1S/C21H21N3O3.ClH/c1-2-27-20(25)12-19-18-11-17(8-7-15(18)9-10-23-19)24-21(26)16-5-3-14(13-22)4-6-16;/h3-8,11,19,23H,2,9-10,12H2,1H3,(H,24,26);1H. The number of ether oxygens (including phenoxy) is 1. The summed E-state index contributed by atoms with van der Waals surface area (Å²) in [5.41, 5.74) is 3.83. The number of rotatable bonds is 5. The minimum atomic E-state index is -0.245. The molecule has 0 radical (unpaired) electrons. The Hall–Kier alpha value is -2.88. The lowest BCUT2D eigenvalue weighted by atomic mass is 9.92. The minimum absolute atomic E-state index is 0. The Kier molecular flexibility index (Phi) is 7.56. The number of hydrogen-bond acceptors (Lipinski definition) is 5. The highest BCUT2D eigenvalue weighted by Crippen LogP contribution is 2.28. The average molecular weight is 400 g/mol. The number of amides is 1. The summed E-state index contributed by atoms with van der Waals surface area (Å²) in [5.74, 6) is -0.486. The van der Waals surface area contributed by atoms with Crippen molar-refractivity contribution in [3.63, 3.8) is 0 Å². The topological polar surface area (TPSA) is 91.2 Å². The Morgan fingerprint density at radius 2 is 2.00 bits per heavy atom. The number of hydrogen-bond donors (Lipinski definition) is 2. The first-order valence-corrected chi connectivity index (χ1v) is 8.94. The number of nitrogens with zero attached hydrogens (tertiary/aromatic N) is 1. The summed E-state index contributed by atoms with van der Waals surface area (Å²) < 4.78 is 5.06. The predicted octanol–water partition coefficient (Wildman–Crippen LogP) is 3.37. The van der Waals surface area contributed by atoms with Crippen molar-refractivity contribution in [2.45, 2.75) is 25.8 Å². The van der Waals surface area contributed by atoms with Crippen LogP contribution >= 0.6 is 12.4 Å². The molecule has 1 amide bonds. The highest BCUT2D eigenvalue weighted by Gasteiger charge is 2.23. The molecule has 6 nitrogen and oxygen atoms in total. The van der Waals surface area contributed by atoms with Gasteiger partial charge >= 0.3 is 5.97 Å². The maximum Gasteiger partial charge on any atom is 0.307 e. The quantitative estimate of drug-likeness (QED) is 0.752. The van der Waals surface area contributed by atoms with Crippen LogP contribution in [0.2, 0.25) is 0 Å². The summed E-state index contributed by atoms with van der Waals surface area (Å²) in [6, 6.07) is 14.1. The van der Waals surface area contributed by atoms with Gasteiger partial charge in [0.25, 0.3) is 5.91 Å². The first kappa shape index (κ1) is 21.4. The molecule has 2 aromatic carbocycles. The van der Waals surface area contributed by atoms with E-state index in [1.165, 1.54) is 5.56 Å². The van der Waals surface area contributed by atoms with Gasteiger partial charge in [-0.1, -0.05) is 6.07 Å². The lowest BCUT2D eigenvalue weighted by Gasteiger charge is -2.27. The maximum absolute atomic E-state index is 12.4. The highest BCUT2D eigenvalue weighted by molar-refractivity contribution is 6.04. The number of carbonyl (C=O) groups excluding carboxylic acids is 2. The Bertz CT molecular complexity index is 891. The van der Waals surface area contributed by atoms with Gasteiger partial charge in [-0.2, -0.15) is 5.26 Å². The Balaban J connectivity index is 0.00000280. The van der Waals surface area contributed by atoms with Crippen LogP contribution in [0, 0.1) is 11.3 Å². The minimum Gasteiger partial charge on any atom is -0.466 e. The molecule has 0 aromatic heterocycles. The van der Waals surface area contributed by atoms with E-state index in [1.54, 1.807) is 31.2 Å². The molecule has 1 aliphatic heterocycles. The van der Waals surface area contributed by atoms with Crippen LogP contribution in [0.15, 0.2) is 42.5 Å². The van der Waals surface area contributed by atoms with Crippen molar-refractivity contribution in [3.05, 3.63) is 64.7 Å². The molecule has 0 saturated heterocycles. The molecule has 1 aliphatic rings. The SMILES string of the molecule is CCOC(=O)CC1NCCc2ccc(NC(=O)c3ccc(C#N)cc3)cc21.Cl. The van der Waals surface area contributed by atoms with E-state index in [0.29, 0.717) is 23.4 Å². The van der Waals surface area contributed by atoms with E-state index in [4.69, 9.17) is 10.00 Å². The zero-order chi connectivity index (χ0) is 19.2. The van der Waals surface area contributed by atoms with Gasteiger partial charge in [-0.25, -0.2) is 0 Å². The summed E-state index contributed by atoms with van der Waals surface area (Å²) in [5, 5.41) is 15.1. The molecular formula is C21H22ClN3O3. The summed E-state index contributed by atoms with van der Waals surface area (Å²) in [4.78, 5) is 24.3. The van der Waals surface area contributed by atoms with E-state index in [1.807, 2.05) is 24.3 Å². The number of fused-ring (bicyclic) bond motifs is 1. The van der Waals surface area contributed by atoms with Gasteiger partial charge in [0.2, 0.25) is 0 Å². The third kappa shape index (κ3) is 5.10. The zero-order valence-corrected chi connectivity index (χ0v) is 16.3. The fourth-order valence-electron chi connectivity index (χ4n) is 3.18. The van der Waals surface area contributed by atoms with Crippen molar-refractivity contribution in [1.82, 2.24) is 5.32 Å². The lowest BCUT2D eigenvalue weighted by Crippen LogP contribution is -2.32. The van der Waals surface area contributed by atoms with Crippen molar-refractivity contribution in [1.29, 1.82) is 5.26 Å². The van der Waals surface area contributed by atoms with Crippen molar-refractivity contribution in [3.8, 4) is 6.07 Å². The van der Waals surface area contributed by atoms with E-state index < -0.39 is 0 Å². The van der Waals surface area contributed by atoms with Gasteiger partial charge in [-0.3, -0.25) is 9.59 Å². The number of carbonyl (C=O) groups is 2. The number of esters is 1. The van der Waals surface area contributed by atoms with Crippen LogP contribution in [-0.4, -0.2) is 25.0 Å². The molecule has 1 atom stereocenters. The third-order valence-electron chi connectivity index (χ3n) is 4.52. The number of benzene rings is 2. The Morgan fingerprint density at radius 3 is 2.68 bits per heavy atom. The van der Waals surface area contributed by atoms with Crippen molar-refractivity contribution in [2.24, 2.45) is 0 Å². The van der Waals surface area contributed by atoms with E-state index in [-0.39, 0.29) is 36.7 Å². The highest BCUT2D eigenvalue weighted by atomic mass is 35.5.